The van der Waals surface area contributed by atoms with Crippen LogP contribution in [0.1, 0.15) is 28.4 Å². The first-order chi connectivity index (χ1) is 7.06. The highest BCUT2D eigenvalue weighted by Gasteiger charge is 2.12. The normalized spacial score (nSPS) is 12.3. The van der Waals surface area contributed by atoms with Crippen molar-refractivity contribution in [2.24, 2.45) is 5.73 Å². The molecular formula is C12H18N2O. The molecule has 0 aliphatic heterocycles. The molecule has 0 aliphatic rings. The molecule has 1 atom stereocenters. The number of rotatable bonds is 3. The summed E-state index contributed by atoms with van der Waals surface area (Å²) >= 11 is 0. The van der Waals surface area contributed by atoms with Gasteiger partial charge in [0.2, 0.25) is 0 Å². The van der Waals surface area contributed by atoms with Gasteiger partial charge in [-0.05, 0) is 31.9 Å². The van der Waals surface area contributed by atoms with Gasteiger partial charge in [-0.3, -0.25) is 4.79 Å². The fourth-order valence-electron chi connectivity index (χ4n) is 1.53. The Bertz CT molecular complexity index is 340. The molecule has 0 bridgehead atoms. The molecule has 0 heterocycles. The van der Waals surface area contributed by atoms with E-state index in [1.54, 1.807) is 0 Å². The van der Waals surface area contributed by atoms with Crippen molar-refractivity contribution in [2.45, 2.75) is 26.8 Å². The third-order valence-corrected chi connectivity index (χ3v) is 2.44. The van der Waals surface area contributed by atoms with Crippen molar-refractivity contribution in [1.29, 1.82) is 0 Å². The van der Waals surface area contributed by atoms with Gasteiger partial charge in [-0.1, -0.05) is 18.2 Å². The maximum Gasteiger partial charge on any atom is 0.252 e. The highest BCUT2D eigenvalue weighted by Crippen LogP contribution is 2.12. The highest BCUT2D eigenvalue weighted by atomic mass is 16.1. The Balaban J connectivity index is 2.91. The Labute approximate surface area is 90.7 Å². The molecule has 0 saturated carbocycles. The van der Waals surface area contributed by atoms with Crippen molar-refractivity contribution in [3.63, 3.8) is 0 Å². The molecule has 0 saturated heterocycles. The predicted molar refractivity (Wildman–Crippen MR) is 61.9 cm³/mol. The molecule has 1 amide bonds. The Morgan fingerprint density at radius 2 is 1.93 bits per heavy atom. The molecule has 3 nitrogen and oxygen atoms in total. The summed E-state index contributed by atoms with van der Waals surface area (Å²) in [7, 11) is 0. The van der Waals surface area contributed by atoms with E-state index in [0.29, 0.717) is 6.54 Å². The van der Waals surface area contributed by atoms with E-state index in [1.165, 1.54) is 0 Å². The predicted octanol–water partition coefficient (Wildman–Crippen LogP) is 1.38. The van der Waals surface area contributed by atoms with Crippen LogP contribution in [-0.4, -0.2) is 18.5 Å². The van der Waals surface area contributed by atoms with Crippen molar-refractivity contribution >= 4 is 5.91 Å². The van der Waals surface area contributed by atoms with Gasteiger partial charge in [0, 0.05) is 18.2 Å². The molecule has 0 aliphatic carbocycles. The van der Waals surface area contributed by atoms with E-state index in [1.807, 2.05) is 39.0 Å². The van der Waals surface area contributed by atoms with Gasteiger partial charge in [-0.25, -0.2) is 0 Å². The van der Waals surface area contributed by atoms with Gasteiger partial charge in [-0.15, -0.1) is 0 Å². The van der Waals surface area contributed by atoms with Crippen LogP contribution < -0.4 is 11.1 Å². The van der Waals surface area contributed by atoms with E-state index in [-0.39, 0.29) is 11.9 Å². The molecule has 1 unspecified atom stereocenters. The number of carbonyl (C=O) groups excluding carboxylic acids is 1. The number of nitrogens with one attached hydrogen (secondary N) is 1. The summed E-state index contributed by atoms with van der Waals surface area (Å²) in [6, 6.07) is 5.84. The molecule has 1 aromatic rings. The van der Waals surface area contributed by atoms with Crippen LogP contribution >= 0.6 is 0 Å². The average molecular weight is 206 g/mol. The maximum absolute atomic E-state index is 11.9. The fourth-order valence-corrected chi connectivity index (χ4v) is 1.53. The Hall–Kier alpha value is -1.35. The van der Waals surface area contributed by atoms with Crippen LogP contribution in [0.2, 0.25) is 0 Å². The summed E-state index contributed by atoms with van der Waals surface area (Å²) in [5, 5.41) is 2.86. The second kappa shape index (κ2) is 4.94. The summed E-state index contributed by atoms with van der Waals surface area (Å²) < 4.78 is 0. The first kappa shape index (κ1) is 11.7. The molecular weight excluding hydrogens is 188 g/mol. The van der Waals surface area contributed by atoms with Gasteiger partial charge in [0.05, 0.1) is 0 Å². The molecule has 82 valence electrons. The van der Waals surface area contributed by atoms with Crippen LogP contribution in [0.15, 0.2) is 18.2 Å². The topological polar surface area (TPSA) is 55.1 Å². The Kier molecular flexibility index (Phi) is 3.86. The van der Waals surface area contributed by atoms with Crippen molar-refractivity contribution in [1.82, 2.24) is 5.32 Å². The largest absolute Gasteiger partial charge is 0.348 e. The number of nitrogens with two attached hydrogens (primary N) is 1. The zero-order chi connectivity index (χ0) is 11.4. The van der Waals surface area contributed by atoms with Crippen molar-refractivity contribution in [3.8, 4) is 0 Å². The number of amides is 1. The molecule has 1 rings (SSSR count). The Morgan fingerprint density at radius 1 is 1.40 bits per heavy atom. The third-order valence-electron chi connectivity index (χ3n) is 2.44. The number of aryl methyl sites for hydroxylation is 2. The smallest absolute Gasteiger partial charge is 0.252 e. The van der Waals surface area contributed by atoms with Crippen LogP contribution in [0, 0.1) is 13.8 Å². The summed E-state index contributed by atoms with van der Waals surface area (Å²) in [4.78, 5) is 11.9. The average Bonchev–Trinajstić information content (AvgIpc) is 2.17. The Morgan fingerprint density at radius 3 is 2.40 bits per heavy atom. The number of hydrogen-bond donors (Lipinski definition) is 2. The first-order valence-corrected chi connectivity index (χ1v) is 5.13. The molecule has 3 heteroatoms. The molecule has 0 spiro atoms. The standard InChI is InChI=1S/C12H18N2O/c1-8-5-4-6-9(2)11(8)12(15)14-10(3)7-13/h4-6,10H,7,13H2,1-3H3,(H,14,15). The fraction of sp³-hybridized carbons (Fsp3) is 0.417. The minimum Gasteiger partial charge on any atom is -0.348 e. The van der Waals surface area contributed by atoms with Crippen LogP contribution in [0.4, 0.5) is 0 Å². The van der Waals surface area contributed by atoms with Crippen LogP contribution in [0.25, 0.3) is 0 Å². The second-order valence-corrected chi connectivity index (χ2v) is 3.88. The van der Waals surface area contributed by atoms with Crippen molar-refractivity contribution < 1.29 is 4.79 Å². The monoisotopic (exact) mass is 206 g/mol. The van der Waals surface area contributed by atoms with Gasteiger partial charge in [0.1, 0.15) is 0 Å². The summed E-state index contributed by atoms with van der Waals surface area (Å²) in [5.41, 5.74) is 8.22. The van der Waals surface area contributed by atoms with Crippen LogP contribution in [0.3, 0.4) is 0 Å². The van der Waals surface area contributed by atoms with Crippen molar-refractivity contribution in [3.05, 3.63) is 34.9 Å². The van der Waals surface area contributed by atoms with Crippen LogP contribution in [0.5, 0.6) is 0 Å². The van der Waals surface area contributed by atoms with Crippen LogP contribution in [-0.2, 0) is 0 Å². The van der Waals surface area contributed by atoms with E-state index in [4.69, 9.17) is 5.73 Å². The molecule has 3 N–H and O–H groups in total. The minimum atomic E-state index is -0.0384. The molecule has 0 radical (unpaired) electrons. The van der Waals surface area contributed by atoms with E-state index < -0.39 is 0 Å². The van der Waals surface area contributed by atoms with E-state index in [2.05, 4.69) is 5.32 Å². The zero-order valence-corrected chi connectivity index (χ0v) is 9.50. The van der Waals surface area contributed by atoms with Gasteiger partial charge in [-0.2, -0.15) is 0 Å². The lowest BCUT2D eigenvalue weighted by Crippen LogP contribution is -2.38. The highest BCUT2D eigenvalue weighted by molar-refractivity contribution is 5.97. The summed E-state index contributed by atoms with van der Waals surface area (Å²) in [6.45, 7) is 6.23. The number of hydrogen-bond acceptors (Lipinski definition) is 2. The zero-order valence-electron chi connectivity index (χ0n) is 9.50. The van der Waals surface area contributed by atoms with E-state index in [9.17, 15) is 4.79 Å². The van der Waals surface area contributed by atoms with Gasteiger partial charge in [0.25, 0.3) is 5.91 Å². The lowest BCUT2D eigenvalue weighted by Gasteiger charge is -2.14. The van der Waals surface area contributed by atoms with Gasteiger partial charge >= 0.3 is 0 Å². The SMILES string of the molecule is Cc1cccc(C)c1C(=O)NC(C)CN. The summed E-state index contributed by atoms with van der Waals surface area (Å²) in [6.07, 6.45) is 0. The number of benzene rings is 1. The second-order valence-electron chi connectivity index (χ2n) is 3.88. The van der Waals surface area contributed by atoms with E-state index in [0.717, 1.165) is 16.7 Å². The molecule has 1 aromatic carbocycles. The molecule has 0 aromatic heterocycles. The van der Waals surface area contributed by atoms with Gasteiger partial charge in [0.15, 0.2) is 0 Å². The minimum absolute atomic E-state index is 0.0107. The molecule has 0 fully saturated rings. The van der Waals surface area contributed by atoms with E-state index >= 15 is 0 Å². The quantitative estimate of drug-likeness (QED) is 0.785. The first-order valence-electron chi connectivity index (χ1n) is 5.13. The third kappa shape index (κ3) is 2.80. The van der Waals surface area contributed by atoms with Crippen molar-refractivity contribution in [2.75, 3.05) is 6.54 Å². The summed E-state index contributed by atoms with van der Waals surface area (Å²) in [5.74, 6) is -0.0384. The molecule has 15 heavy (non-hydrogen) atoms. The number of carbonyl (C=O) groups is 1. The lowest BCUT2D eigenvalue weighted by molar-refractivity contribution is 0.0940. The maximum atomic E-state index is 11.9. The lowest BCUT2D eigenvalue weighted by atomic mass is 10.0. The van der Waals surface area contributed by atoms with Gasteiger partial charge < -0.3 is 11.1 Å².